The van der Waals surface area contributed by atoms with Gasteiger partial charge in [-0.3, -0.25) is 15.0 Å². The monoisotopic (exact) mass is 430 g/mol. The number of nitrogens with one attached hydrogen (secondary N) is 2. The average Bonchev–Trinajstić information content (AvgIpc) is 2.66. The maximum Gasteiger partial charge on any atom is 0.130 e. The Morgan fingerprint density at radius 3 is 2.81 bits per heavy atom. The van der Waals surface area contributed by atoms with Crippen molar-refractivity contribution in [2.24, 2.45) is 0 Å². The first-order chi connectivity index (χ1) is 13.1. The van der Waals surface area contributed by atoms with E-state index in [0.29, 0.717) is 29.2 Å². The third-order valence-electron chi connectivity index (χ3n) is 4.66. The number of nitrogens with zero attached hydrogens (tertiary/aromatic N) is 4. The van der Waals surface area contributed by atoms with E-state index in [9.17, 15) is 4.39 Å². The van der Waals surface area contributed by atoms with Crippen LogP contribution in [0.5, 0.6) is 0 Å². The van der Waals surface area contributed by atoms with E-state index in [1.807, 2.05) is 0 Å². The lowest BCUT2D eigenvalue weighted by Gasteiger charge is -2.35. The number of hydrogen-bond donors (Lipinski definition) is 2. The lowest BCUT2D eigenvalue weighted by Crippen LogP contribution is -2.49. The number of hydrogen-bond acceptors (Lipinski definition) is 6. The Morgan fingerprint density at radius 1 is 1.26 bits per heavy atom. The minimum atomic E-state index is -0.296. The second-order valence-electron chi connectivity index (χ2n) is 6.66. The molecule has 1 aromatic carbocycles. The van der Waals surface area contributed by atoms with Gasteiger partial charge in [-0.05, 0) is 28.9 Å². The second-order valence-corrected chi connectivity index (χ2v) is 7.52. The van der Waals surface area contributed by atoms with Gasteiger partial charge in [0.25, 0.3) is 0 Å². The molecule has 8 heteroatoms. The highest BCUT2D eigenvalue weighted by Crippen LogP contribution is 2.34. The molecule has 2 aromatic heterocycles. The summed E-state index contributed by atoms with van der Waals surface area (Å²) in [6.45, 7) is 5.23. The second kappa shape index (κ2) is 7.74. The smallest absolute Gasteiger partial charge is 0.130 e. The van der Waals surface area contributed by atoms with Crippen LogP contribution in [-0.2, 0) is 6.54 Å². The lowest BCUT2D eigenvalue weighted by atomic mass is 10.1. The molecule has 1 saturated heterocycles. The first kappa shape index (κ1) is 18.1. The molecule has 1 atom stereocenters. The van der Waals surface area contributed by atoms with Crippen LogP contribution in [0.2, 0.25) is 0 Å². The molecule has 2 N–H and O–H groups in total. The first-order valence-corrected chi connectivity index (χ1v) is 9.66. The molecule has 0 aliphatic carbocycles. The lowest BCUT2D eigenvalue weighted by molar-refractivity contribution is 0.484. The Kier molecular flexibility index (Phi) is 5.18. The molecule has 0 unspecified atom stereocenters. The van der Waals surface area contributed by atoms with Gasteiger partial charge in [-0.1, -0.05) is 0 Å². The summed E-state index contributed by atoms with van der Waals surface area (Å²) in [5.74, 6) is -0.296. The van der Waals surface area contributed by atoms with Gasteiger partial charge in [0.1, 0.15) is 5.82 Å². The van der Waals surface area contributed by atoms with Crippen LogP contribution in [0.4, 0.5) is 15.8 Å². The van der Waals surface area contributed by atoms with Gasteiger partial charge in [-0.15, -0.1) is 0 Å². The van der Waals surface area contributed by atoms with Crippen LogP contribution < -0.4 is 15.5 Å². The summed E-state index contributed by atoms with van der Waals surface area (Å²) in [7, 11) is 0. The molecule has 3 heterocycles. The normalized spacial score (nSPS) is 17.3. The molecule has 27 heavy (non-hydrogen) atoms. The number of pyridine rings is 1. The number of fused-ring (bicyclic) bond motifs is 1. The van der Waals surface area contributed by atoms with Crippen LogP contribution in [0, 0.1) is 5.82 Å². The van der Waals surface area contributed by atoms with Gasteiger partial charge in [0.2, 0.25) is 0 Å². The summed E-state index contributed by atoms with van der Waals surface area (Å²) in [5, 5.41) is 6.79. The van der Waals surface area contributed by atoms with Gasteiger partial charge < -0.3 is 15.5 Å². The van der Waals surface area contributed by atoms with Gasteiger partial charge in [0.05, 0.1) is 33.1 Å². The predicted octanol–water partition coefficient (Wildman–Crippen LogP) is 3.34. The number of benzene rings is 1. The molecule has 1 aliphatic rings. The van der Waals surface area contributed by atoms with Gasteiger partial charge in [0, 0.05) is 62.4 Å². The quantitative estimate of drug-likeness (QED) is 0.661. The molecule has 0 radical (unpaired) electrons. The molecule has 0 amide bonds. The number of aromatic nitrogens is 3. The molecular formula is C19H20BrFN6. The third kappa shape index (κ3) is 3.86. The Labute approximate surface area is 165 Å². The highest BCUT2D eigenvalue weighted by molar-refractivity contribution is 9.10. The molecule has 1 aliphatic heterocycles. The Balaban J connectivity index is 1.60. The Morgan fingerprint density at radius 2 is 2.04 bits per heavy atom. The summed E-state index contributed by atoms with van der Waals surface area (Å²) in [6, 6.07) is 3.57. The standard InChI is InChI=1S/C19H20BrFN6/c1-12-11-27(5-4-23-12)19-14(20)9-22-10-18(19)26-8-13-6-16-17(7-15(13)21)25-3-2-24-16/h2-3,6-7,9-10,12,23,26H,4-5,8,11H2,1H3/t12-/m0/s1. The van der Waals surface area contributed by atoms with E-state index in [1.165, 1.54) is 6.07 Å². The number of anilines is 2. The zero-order chi connectivity index (χ0) is 18.8. The fraction of sp³-hybridized carbons (Fsp3) is 0.316. The van der Waals surface area contributed by atoms with E-state index in [2.05, 4.69) is 53.3 Å². The molecule has 1 fully saturated rings. The van der Waals surface area contributed by atoms with Crippen molar-refractivity contribution in [3.05, 3.63) is 52.8 Å². The Bertz CT molecular complexity index is 966. The van der Waals surface area contributed by atoms with E-state index in [4.69, 9.17) is 0 Å². The highest BCUT2D eigenvalue weighted by Gasteiger charge is 2.21. The predicted molar refractivity (Wildman–Crippen MR) is 108 cm³/mol. The molecule has 0 bridgehead atoms. The van der Waals surface area contributed by atoms with Crippen LogP contribution in [0.15, 0.2) is 41.4 Å². The van der Waals surface area contributed by atoms with Crippen LogP contribution in [-0.4, -0.2) is 40.6 Å². The fourth-order valence-corrected chi connectivity index (χ4v) is 3.95. The number of rotatable bonds is 4. The minimum absolute atomic E-state index is 0.296. The zero-order valence-corrected chi connectivity index (χ0v) is 16.5. The van der Waals surface area contributed by atoms with Crippen molar-refractivity contribution in [3.8, 4) is 0 Å². The molecule has 0 spiro atoms. The van der Waals surface area contributed by atoms with Crippen molar-refractivity contribution < 1.29 is 4.39 Å². The highest BCUT2D eigenvalue weighted by atomic mass is 79.9. The maximum absolute atomic E-state index is 14.5. The van der Waals surface area contributed by atoms with Crippen molar-refractivity contribution >= 4 is 38.3 Å². The van der Waals surface area contributed by atoms with E-state index < -0.39 is 0 Å². The summed E-state index contributed by atoms with van der Waals surface area (Å²) in [5.41, 5.74) is 3.71. The van der Waals surface area contributed by atoms with Crippen LogP contribution >= 0.6 is 15.9 Å². The van der Waals surface area contributed by atoms with Crippen molar-refractivity contribution in [1.29, 1.82) is 0 Å². The van der Waals surface area contributed by atoms with Crippen molar-refractivity contribution in [1.82, 2.24) is 20.3 Å². The SMILES string of the molecule is C[C@H]1CN(c2c(Br)cncc2NCc2cc3nccnc3cc2F)CCN1. The molecule has 3 aromatic rings. The van der Waals surface area contributed by atoms with Crippen molar-refractivity contribution in [3.63, 3.8) is 0 Å². The van der Waals surface area contributed by atoms with Gasteiger partial charge in [-0.25, -0.2) is 4.39 Å². The van der Waals surface area contributed by atoms with Gasteiger partial charge >= 0.3 is 0 Å². The van der Waals surface area contributed by atoms with Crippen LogP contribution in [0.3, 0.4) is 0 Å². The van der Waals surface area contributed by atoms with E-state index in [-0.39, 0.29) is 5.82 Å². The molecular weight excluding hydrogens is 411 g/mol. The van der Waals surface area contributed by atoms with Crippen molar-refractivity contribution in [2.45, 2.75) is 19.5 Å². The third-order valence-corrected chi connectivity index (χ3v) is 5.24. The van der Waals surface area contributed by atoms with E-state index in [1.54, 1.807) is 30.9 Å². The fourth-order valence-electron chi connectivity index (χ4n) is 3.37. The van der Waals surface area contributed by atoms with Crippen LogP contribution in [0.25, 0.3) is 11.0 Å². The van der Waals surface area contributed by atoms with Gasteiger partial charge in [0.15, 0.2) is 0 Å². The van der Waals surface area contributed by atoms with E-state index >= 15 is 0 Å². The molecule has 0 saturated carbocycles. The molecule has 140 valence electrons. The van der Waals surface area contributed by atoms with Crippen molar-refractivity contribution in [2.75, 3.05) is 29.9 Å². The first-order valence-electron chi connectivity index (χ1n) is 8.86. The maximum atomic E-state index is 14.5. The average molecular weight is 431 g/mol. The summed E-state index contributed by atoms with van der Waals surface area (Å²) in [4.78, 5) is 15.0. The number of halogens is 2. The van der Waals surface area contributed by atoms with Crippen LogP contribution in [0.1, 0.15) is 12.5 Å². The Hall–Kier alpha value is -2.32. The van der Waals surface area contributed by atoms with Gasteiger partial charge in [-0.2, -0.15) is 0 Å². The van der Waals surface area contributed by atoms with E-state index in [0.717, 1.165) is 35.5 Å². The molecule has 6 nitrogen and oxygen atoms in total. The zero-order valence-electron chi connectivity index (χ0n) is 14.9. The topological polar surface area (TPSA) is 66.0 Å². The summed E-state index contributed by atoms with van der Waals surface area (Å²) in [6.07, 6.45) is 6.75. The minimum Gasteiger partial charge on any atom is -0.378 e. The largest absolute Gasteiger partial charge is 0.378 e. The summed E-state index contributed by atoms with van der Waals surface area (Å²) < 4.78 is 15.4. The number of piperazine rings is 1. The molecule has 4 rings (SSSR count). The summed E-state index contributed by atoms with van der Waals surface area (Å²) >= 11 is 3.62.